The van der Waals surface area contributed by atoms with Crippen LogP contribution < -0.4 is 4.74 Å². The van der Waals surface area contributed by atoms with E-state index < -0.39 is 35.4 Å². The van der Waals surface area contributed by atoms with Gasteiger partial charge in [-0.15, -0.1) is 0 Å². The molecule has 1 aromatic rings. The first-order valence-corrected chi connectivity index (χ1v) is 7.86. The molecule has 138 valence electrons. The fourth-order valence-corrected chi connectivity index (χ4v) is 2.68. The Morgan fingerprint density at radius 3 is 2.44 bits per heavy atom. The van der Waals surface area contributed by atoms with Crippen LogP contribution in [0.2, 0.25) is 0 Å². The van der Waals surface area contributed by atoms with E-state index in [4.69, 9.17) is 9.84 Å². The first-order chi connectivity index (χ1) is 11.5. The molecule has 8 heteroatoms. The molecule has 2 rings (SSSR count). The Labute approximate surface area is 142 Å². The number of carboxylic acid groups (broad SMARTS) is 1. The summed E-state index contributed by atoms with van der Waals surface area (Å²) in [7, 11) is 0. The normalized spacial score (nSPS) is 17.8. The van der Waals surface area contributed by atoms with Crippen molar-refractivity contribution in [2.75, 3.05) is 0 Å². The molecule has 25 heavy (non-hydrogen) atoms. The van der Waals surface area contributed by atoms with Crippen LogP contribution in [0.25, 0.3) is 0 Å². The van der Waals surface area contributed by atoms with Gasteiger partial charge in [0.1, 0.15) is 5.60 Å². The molecule has 1 saturated carbocycles. The van der Waals surface area contributed by atoms with E-state index in [9.17, 15) is 22.8 Å². The minimum absolute atomic E-state index is 0.170. The third kappa shape index (κ3) is 4.24. The lowest BCUT2D eigenvalue weighted by Crippen LogP contribution is -2.42. The topological polar surface area (TPSA) is 72.8 Å². The Hall–Kier alpha value is -2.25. The van der Waals surface area contributed by atoms with Crippen LogP contribution in [-0.2, 0) is 9.53 Å². The molecule has 0 aromatic heterocycles. The zero-order valence-electron chi connectivity index (χ0n) is 13.9. The summed E-state index contributed by atoms with van der Waals surface area (Å²) in [5, 5.41) is 8.45. The van der Waals surface area contributed by atoms with Crippen LogP contribution >= 0.6 is 0 Å². The van der Waals surface area contributed by atoms with E-state index in [2.05, 4.69) is 4.74 Å². The summed E-state index contributed by atoms with van der Waals surface area (Å²) >= 11 is 0. The molecule has 1 N–H and O–H groups in total. The quantitative estimate of drug-likeness (QED) is 0.781. The smallest absolute Gasteiger partial charge is 0.378 e. The molecule has 1 fully saturated rings. The number of alkyl halides is 2. The highest BCUT2D eigenvalue weighted by atomic mass is 19.3. The molecular weight excluding hydrogens is 341 g/mol. The second-order valence-corrected chi connectivity index (χ2v) is 6.38. The number of carbonyl (C=O) groups excluding carboxylic acids is 1. The number of aliphatic carboxylic acids is 1. The van der Waals surface area contributed by atoms with E-state index in [-0.39, 0.29) is 11.3 Å². The molecule has 1 aliphatic rings. The van der Waals surface area contributed by atoms with E-state index in [0.717, 1.165) is 50.8 Å². The van der Waals surface area contributed by atoms with Crippen molar-refractivity contribution in [2.45, 2.75) is 57.2 Å². The number of hydrogen-bond acceptors (Lipinski definition) is 4. The van der Waals surface area contributed by atoms with Gasteiger partial charge in [-0.1, -0.05) is 0 Å². The van der Waals surface area contributed by atoms with Gasteiger partial charge in [0.15, 0.2) is 17.7 Å². The molecular formula is C17H19F3O5. The average molecular weight is 360 g/mol. The first-order valence-electron chi connectivity index (χ1n) is 7.86. The maximum absolute atomic E-state index is 13.9. The minimum Gasteiger partial charge on any atom is -0.484 e. The van der Waals surface area contributed by atoms with Gasteiger partial charge in [-0.3, -0.25) is 0 Å². The monoisotopic (exact) mass is 360 g/mol. The van der Waals surface area contributed by atoms with Crippen molar-refractivity contribution in [2.24, 2.45) is 0 Å². The van der Waals surface area contributed by atoms with Crippen LogP contribution in [0.15, 0.2) is 18.2 Å². The van der Waals surface area contributed by atoms with Gasteiger partial charge in [0.25, 0.3) is 0 Å². The van der Waals surface area contributed by atoms with Crippen molar-refractivity contribution in [3.63, 3.8) is 0 Å². The lowest BCUT2D eigenvalue weighted by molar-refractivity contribution is -0.180. The van der Waals surface area contributed by atoms with Gasteiger partial charge in [0.2, 0.25) is 0 Å². The van der Waals surface area contributed by atoms with E-state index in [1.165, 1.54) is 0 Å². The van der Waals surface area contributed by atoms with Gasteiger partial charge in [-0.25, -0.2) is 14.0 Å². The van der Waals surface area contributed by atoms with E-state index in [1.807, 2.05) is 6.92 Å². The Kier molecular flexibility index (Phi) is 5.29. The molecule has 1 atom stereocenters. The van der Waals surface area contributed by atoms with Crippen molar-refractivity contribution >= 4 is 11.9 Å². The van der Waals surface area contributed by atoms with E-state index >= 15 is 0 Å². The lowest BCUT2D eigenvalue weighted by Gasteiger charge is -2.26. The number of rotatable bonds is 6. The Morgan fingerprint density at radius 2 is 1.88 bits per heavy atom. The number of hydrogen-bond donors (Lipinski definition) is 1. The predicted molar refractivity (Wildman–Crippen MR) is 81.4 cm³/mol. The molecule has 0 heterocycles. The lowest BCUT2D eigenvalue weighted by atomic mass is 10.1. The summed E-state index contributed by atoms with van der Waals surface area (Å²) in [6, 6.07) is 3.12. The number of ether oxygens (including phenoxy) is 2. The van der Waals surface area contributed by atoms with Crippen LogP contribution in [0.3, 0.4) is 0 Å². The standard InChI is InChI=1S/C17H19F3O5/c1-10(17(19,20)15(22)23)24-14(21)11-5-6-12(18)13(9-11)25-16(2)7-3-4-8-16/h5-6,9-10H,3-4,7-8H2,1-2H3,(H,22,23). The Bertz CT molecular complexity index is 668. The zero-order chi connectivity index (χ0) is 18.8. The van der Waals surface area contributed by atoms with E-state index in [0.29, 0.717) is 0 Å². The summed E-state index contributed by atoms with van der Waals surface area (Å²) in [5.41, 5.74) is -0.751. The number of benzene rings is 1. The molecule has 0 radical (unpaired) electrons. The molecule has 0 aliphatic heterocycles. The van der Waals surface area contributed by atoms with E-state index in [1.54, 1.807) is 0 Å². The molecule has 0 bridgehead atoms. The molecule has 1 unspecified atom stereocenters. The van der Waals surface area contributed by atoms with Crippen LogP contribution in [0, 0.1) is 5.82 Å². The average Bonchev–Trinajstić information content (AvgIpc) is 2.95. The van der Waals surface area contributed by atoms with Crippen LogP contribution in [0.1, 0.15) is 49.9 Å². The molecule has 1 aliphatic carbocycles. The van der Waals surface area contributed by atoms with Crippen LogP contribution in [0.5, 0.6) is 5.75 Å². The fraction of sp³-hybridized carbons (Fsp3) is 0.529. The predicted octanol–water partition coefficient (Wildman–Crippen LogP) is 3.80. The maximum Gasteiger partial charge on any atom is 0.378 e. The third-order valence-corrected chi connectivity index (χ3v) is 4.26. The summed E-state index contributed by atoms with van der Waals surface area (Å²) in [6.45, 7) is 2.60. The molecule has 5 nitrogen and oxygen atoms in total. The maximum atomic E-state index is 13.9. The molecule has 0 amide bonds. The van der Waals surface area contributed by atoms with Crippen molar-refractivity contribution in [3.8, 4) is 5.75 Å². The largest absolute Gasteiger partial charge is 0.484 e. The van der Waals surface area contributed by atoms with Gasteiger partial charge in [-0.05, 0) is 57.7 Å². The first kappa shape index (κ1) is 19.1. The Morgan fingerprint density at radius 1 is 1.28 bits per heavy atom. The number of carboxylic acids is 1. The third-order valence-electron chi connectivity index (χ3n) is 4.26. The van der Waals surface area contributed by atoms with Gasteiger partial charge >= 0.3 is 17.9 Å². The van der Waals surface area contributed by atoms with Gasteiger partial charge < -0.3 is 14.6 Å². The van der Waals surface area contributed by atoms with Gasteiger partial charge in [0.05, 0.1) is 5.56 Å². The summed E-state index contributed by atoms with van der Waals surface area (Å²) < 4.78 is 50.8. The van der Waals surface area contributed by atoms with Crippen molar-refractivity contribution in [3.05, 3.63) is 29.6 Å². The second-order valence-electron chi connectivity index (χ2n) is 6.38. The van der Waals surface area contributed by atoms with Crippen LogP contribution in [0.4, 0.5) is 13.2 Å². The number of halogens is 3. The van der Waals surface area contributed by atoms with Crippen molar-refractivity contribution in [1.82, 2.24) is 0 Å². The summed E-state index contributed by atoms with van der Waals surface area (Å²) in [5.74, 6) is -8.67. The highest BCUT2D eigenvalue weighted by molar-refractivity contribution is 5.90. The van der Waals surface area contributed by atoms with Gasteiger partial charge in [0, 0.05) is 0 Å². The van der Waals surface area contributed by atoms with Crippen molar-refractivity contribution < 1.29 is 37.3 Å². The minimum atomic E-state index is -4.23. The van der Waals surface area contributed by atoms with Crippen molar-refractivity contribution in [1.29, 1.82) is 0 Å². The second kappa shape index (κ2) is 6.93. The molecule has 0 saturated heterocycles. The number of esters is 1. The fourth-order valence-electron chi connectivity index (χ4n) is 2.68. The number of carbonyl (C=O) groups is 2. The molecule has 0 spiro atoms. The highest BCUT2D eigenvalue weighted by Gasteiger charge is 2.47. The Balaban J connectivity index is 2.15. The zero-order valence-corrected chi connectivity index (χ0v) is 13.9. The summed E-state index contributed by atoms with van der Waals surface area (Å²) in [6.07, 6.45) is 1.19. The summed E-state index contributed by atoms with van der Waals surface area (Å²) in [4.78, 5) is 22.5. The molecule has 1 aromatic carbocycles. The SMILES string of the molecule is CC(OC(=O)c1ccc(F)c(OC2(C)CCCC2)c1)C(F)(F)C(=O)O. The van der Waals surface area contributed by atoms with Crippen LogP contribution in [-0.4, -0.2) is 34.7 Å². The highest BCUT2D eigenvalue weighted by Crippen LogP contribution is 2.35. The van der Waals surface area contributed by atoms with Gasteiger partial charge in [-0.2, -0.15) is 8.78 Å².